The number of rotatable bonds is 0. The summed E-state index contributed by atoms with van der Waals surface area (Å²) >= 11 is 0. The fourth-order valence-corrected chi connectivity index (χ4v) is 0.543. The van der Waals surface area contributed by atoms with Gasteiger partial charge in [-0.2, -0.15) is 0 Å². The molecular formula is C6H8Zr. The van der Waals surface area contributed by atoms with Gasteiger partial charge in [-0.15, -0.1) is 0 Å². The van der Waals surface area contributed by atoms with Gasteiger partial charge in [0.15, 0.2) is 0 Å². The first-order valence-electron chi connectivity index (χ1n) is 2.24. The zero-order valence-corrected chi connectivity index (χ0v) is 6.84. The Bertz CT molecular complexity index is 80.4. The summed E-state index contributed by atoms with van der Waals surface area (Å²) in [6.45, 7) is 2.17. The quantitative estimate of drug-likeness (QED) is 0.521. The first-order chi connectivity index (χ1) is 2.89. The average Bonchev–Trinajstić information content (AvgIpc) is 1.86. The maximum absolute atomic E-state index is 2.17. The fraction of sp³-hybridized carbons (Fsp3) is 0.333. The van der Waals surface area contributed by atoms with Crippen LogP contribution in [0.1, 0.15) is 6.92 Å². The fourth-order valence-electron chi connectivity index (χ4n) is 0.543. The molecule has 0 nitrogen and oxygen atoms in total. The van der Waals surface area contributed by atoms with Gasteiger partial charge in [0.2, 0.25) is 0 Å². The summed E-state index contributed by atoms with van der Waals surface area (Å²) in [5.41, 5.74) is 0. The Morgan fingerprint density at radius 3 is 1.71 bits per heavy atom. The first kappa shape index (κ1) is 7.36. The summed E-state index contributed by atoms with van der Waals surface area (Å²) in [7, 11) is 0. The molecule has 0 atom stereocenters. The predicted octanol–water partition coefficient (Wildman–Crippen LogP) is 1.75. The van der Waals surface area contributed by atoms with Crippen molar-refractivity contribution in [1.29, 1.82) is 0 Å². The van der Waals surface area contributed by atoms with Crippen LogP contribution >= 0.6 is 0 Å². The van der Waals surface area contributed by atoms with Gasteiger partial charge in [-0.05, 0) is 5.92 Å². The van der Waals surface area contributed by atoms with Gasteiger partial charge in [0, 0.05) is 26.2 Å². The molecular weight excluding hydrogens is 163 g/mol. The van der Waals surface area contributed by atoms with Crippen molar-refractivity contribution in [1.82, 2.24) is 0 Å². The molecule has 0 spiro atoms. The molecule has 1 aliphatic rings. The van der Waals surface area contributed by atoms with E-state index in [9.17, 15) is 0 Å². The number of hydrogen-bond donors (Lipinski definition) is 0. The third-order valence-electron chi connectivity index (χ3n) is 0.940. The zero-order chi connectivity index (χ0) is 4.41. The molecule has 0 aliphatic heterocycles. The molecule has 0 radical (unpaired) electrons. The van der Waals surface area contributed by atoms with E-state index < -0.39 is 0 Å². The zero-order valence-electron chi connectivity index (χ0n) is 4.39. The van der Waals surface area contributed by atoms with Crippen LogP contribution in [-0.4, -0.2) is 0 Å². The van der Waals surface area contributed by atoms with E-state index in [1.807, 2.05) is 0 Å². The molecule has 0 aromatic carbocycles. The van der Waals surface area contributed by atoms with Crippen LogP contribution in [0.2, 0.25) is 0 Å². The summed E-state index contributed by atoms with van der Waals surface area (Å²) in [4.78, 5) is 0. The van der Waals surface area contributed by atoms with Gasteiger partial charge in [0.1, 0.15) is 0 Å². The van der Waals surface area contributed by atoms with E-state index in [1.54, 1.807) is 0 Å². The molecule has 0 N–H and O–H groups in total. The topological polar surface area (TPSA) is 0 Å². The van der Waals surface area contributed by atoms with Crippen LogP contribution in [0.25, 0.3) is 0 Å². The van der Waals surface area contributed by atoms with Crippen LogP contribution < -0.4 is 0 Å². The van der Waals surface area contributed by atoms with Crippen LogP contribution in [-0.2, 0) is 26.2 Å². The summed E-state index contributed by atoms with van der Waals surface area (Å²) in [5.74, 6) is 0.685. The minimum Gasteiger partial charge on any atom is -0.0779 e. The number of hydrogen-bond acceptors (Lipinski definition) is 0. The third kappa shape index (κ3) is 2.23. The van der Waals surface area contributed by atoms with E-state index in [1.165, 1.54) is 0 Å². The maximum Gasteiger partial charge on any atom is 0 e. The minimum absolute atomic E-state index is 0. The van der Waals surface area contributed by atoms with E-state index in [0.29, 0.717) is 5.92 Å². The summed E-state index contributed by atoms with van der Waals surface area (Å²) in [6, 6.07) is 0. The Labute approximate surface area is 63.4 Å². The van der Waals surface area contributed by atoms with Crippen molar-refractivity contribution in [2.75, 3.05) is 0 Å². The van der Waals surface area contributed by atoms with E-state index in [0.717, 1.165) is 0 Å². The third-order valence-corrected chi connectivity index (χ3v) is 0.940. The van der Waals surface area contributed by atoms with Crippen LogP contribution in [0.15, 0.2) is 24.3 Å². The summed E-state index contributed by atoms with van der Waals surface area (Å²) in [6.07, 6.45) is 8.48. The van der Waals surface area contributed by atoms with Gasteiger partial charge in [-0.25, -0.2) is 0 Å². The summed E-state index contributed by atoms with van der Waals surface area (Å²) < 4.78 is 0. The second-order valence-electron chi connectivity index (χ2n) is 1.63. The minimum atomic E-state index is 0. The second-order valence-corrected chi connectivity index (χ2v) is 1.63. The summed E-state index contributed by atoms with van der Waals surface area (Å²) in [5, 5.41) is 0. The van der Waals surface area contributed by atoms with E-state index in [4.69, 9.17) is 0 Å². The number of allylic oxidation sites excluding steroid dienone is 4. The van der Waals surface area contributed by atoms with E-state index >= 15 is 0 Å². The van der Waals surface area contributed by atoms with Crippen molar-refractivity contribution < 1.29 is 26.2 Å². The Morgan fingerprint density at radius 1 is 1.14 bits per heavy atom. The Hall–Kier alpha value is 0.363. The Morgan fingerprint density at radius 2 is 1.57 bits per heavy atom. The van der Waals surface area contributed by atoms with Crippen LogP contribution in [0.3, 0.4) is 0 Å². The molecule has 1 rings (SSSR count). The molecule has 0 saturated heterocycles. The Kier molecular flexibility index (Phi) is 3.55. The van der Waals surface area contributed by atoms with Crippen LogP contribution in [0.5, 0.6) is 0 Å². The normalized spacial score (nSPS) is 17.3. The molecule has 36 valence electrons. The van der Waals surface area contributed by atoms with E-state index in [2.05, 4.69) is 31.2 Å². The van der Waals surface area contributed by atoms with Gasteiger partial charge in [0.05, 0.1) is 0 Å². The van der Waals surface area contributed by atoms with Gasteiger partial charge in [0.25, 0.3) is 0 Å². The standard InChI is InChI=1S/C6H8.Zr/c1-6-4-2-3-5-6;/h2-6H,1H3;. The van der Waals surface area contributed by atoms with Crippen molar-refractivity contribution in [3.05, 3.63) is 24.3 Å². The van der Waals surface area contributed by atoms with Crippen molar-refractivity contribution in [2.24, 2.45) is 5.92 Å². The van der Waals surface area contributed by atoms with Gasteiger partial charge in [-0.3, -0.25) is 0 Å². The molecule has 0 aromatic rings. The smallest absolute Gasteiger partial charge is 0 e. The second kappa shape index (κ2) is 3.38. The molecule has 0 saturated carbocycles. The van der Waals surface area contributed by atoms with Gasteiger partial charge in [-0.1, -0.05) is 31.2 Å². The van der Waals surface area contributed by atoms with Gasteiger partial charge < -0.3 is 0 Å². The molecule has 0 amide bonds. The first-order valence-corrected chi connectivity index (χ1v) is 2.24. The van der Waals surface area contributed by atoms with Crippen molar-refractivity contribution >= 4 is 0 Å². The molecule has 0 fully saturated rings. The molecule has 0 heterocycles. The van der Waals surface area contributed by atoms with Crippen LogP contribution in [0.4, 0.5) is 0 Å². The van der Waals surface area contributed by atoms with Crippen molar-refractivity contribution in [3.8, 4) is 0 Å². The van der Waals surface area contributed by atoms with Gasteiger partial charge >= 0.3 is 0 Å². The largest absolute Gasteiger partial charge is 0.0779 e. The van der Waals surface area contributed by atoms with Crippen molar-refractivity contribution in [3.63, 3.8) is 0 Å². The Balaban J connectivity index is 0.000000360. The molecule has 7 heavy (non-hydrogen) atoms. The molecule has 0 aromatic heterocycles. The predicted molar refractivity (Wildman–Crippen MR) is 27.4 cm³/mol. The molecule has 1 heteroatoms. The van der Waals surface area contributed by atoms with E-state index in [-0.39, 0.29) is 26.2 Å². The molecule has 1 aliphatic carbocycles. The average molecular weight is 171 g/mol. The molecule has 0 bridgehead atoms. The van der Waals surface area contributed by atoms with Crippen molar-refractivity contribution in [2.45, 2.75) is 6.92 Å². The maximum atomic E-state index is 2.17. The molecule has 0 unspecified atom stereocenters. The monoisotopic (exact) mass is 170 g/mol. The SMILES string of the molecule is CC1C=CC=C1.[Zr]. The van der Waals surface area contributed by atoms with Crippen LogP contribution in [0, 0.1) is 5.92 Å².